The highest BCUT2D eigenvalue weighted by atomic mass is 16.4. The second-order valence-corrected chi connectivity index (χ2v) is 5.92. The molecular formula is C16H18N4O3. The zero-order chi connectivity index (χ0) is 16.3. The van der Waals surface area contributed by atoms with E-state index < -0.39 is 11.5 Å². The number of nitrogens with one attached hydrogen (secondary N) is 1. The molecule has 2 N–H and O–H groups in total. The first-order chi connectivity index (χ1) is 11.1. The highest BCUT2D eigenvalue weighted by Gasteiger charge is 2.40. The molecule has 0 aliphatic heterocycles. The number of aromatic nitrogens is 3. The number of carbonyl (C=O) groups excluding carboxylic acids is 1. The first kappa shape index (κ1) is 15.2. The molecule has 120 valence electrons. The fraction of sp³-hybridized carbons (Fsp3) is 0.375. The number of aliphatic carboxylic acids is 1. The number of nitrogens with zero attached hydrogens (tertiary/aromatic N) is 3. The third-order valence-electron chi connectivity index (χ3n) is 4.12. The minimum atomic E-state index is -0.892. The van der Waals surface area contributed by atoms with Gasteiger partial charge in [-0.15, -0.1) is 5.10 Å². The third kappa shape index (κ3) is 3.56. The van der Waals surface area contributed by atoms with Crippen molar-refractivity contribution < 1.29 is 14.7 Å². The van der Waals surface area contributed by atoms with Gasteiger partial charge in [0.15, 0.2) is 0 Å². The maximum Gasteiger partial charge on any atom is 0.305 e. The molecule has 0 bridgehead atoms. The summed E-state index contributed by atoms with van der Waals surface area (Å²) in [7, 11) is 0. The molecule has 1 fully saturated rings. The van der Waals surface area contributed by atoms with E-state index in [1.807, 2.05) is 30.3 Å². The number of carboxylic acid groups (broad SMARTS) is 1. The van der Waals surface area contributed by atoms with Crippen molar-refractivity contribution in [2.75, 3.05) is 0 Å². The minimum Gasteiger partial charge on any atom is -0.481 e. The molecule has 1 aliphatic carbocycles. The van der Waals surface area contributed by atoms with Crippen molar-refractivity contribution >= 4 is 11.9 Å². The average molecular weight is 314 g/mol. The van der Waals surface area contributed by atoms with Crippen LogP contribution in [0.5, 0.6) is 0 Å². The van der Waals surface area contributed by atoms with Crippen LogP contribution in [-0.4, -0.2) is 37.5 Å². The van der Waals surface area contributed by atoms with E-state index in [-0.39, 0.29) is 18.9 Å². The number of rotatable bonds is 6. The van der Waals surface area contributed by atoms with Gasteiger partial charge in [-0.1, -0.05) is 35.5 Å². The Morgan fingerprint density at radius 1 is 1.26 bits per heavy atom. The lowest BCUT2D eigenvalue weighted by Crippen LogP contribution is -2.55. The standard InChI is InChI=1S/C16H18N4O3/c21-14(17-16(7-4-8-16)9-15(22)23)11-20-10-13(18-19-20)12-5-2-1-3-6-12/h1-3,5-6,10H,4,7-9,11H2,(H,17,21)(H,22,23). The molecule has 1 saturated carbocycles. The Kier molecular flexibility index (Phi) is 4.10. The molecule has 1 aliphatic rings. The summed E-state index contributed by atoms with van der Waals surface area (Å²) in [6.07, 6.45) is 4.02. The number of hydrogen-bond acceptors (Lipinski definition) is 4. The van der Waals surface area contributed by atoms with E-state index in [2.05, 4.69) is 15.6 Å². The first-order valence-electron chi connectivity index (χ1n) is 7.55. The van der Waals surface area contributed by atoms with Gasteiger partial charge in [-0.05, 0) is 19.3 Å². The lowest BCUT2D eigenvalue weighted by Gasteiger charge is -2.41. The first-order valence-corrected chi connectivity index (χ1v) is 7.55. The van der Waals surface area contributed by atoms with Gasteiger partial charge in [-0.2, -0.15) is 0 Å². The number of carbonyl (C=O) groups is 2. The normalized spacial score (nSPS) is 15.7. The highest BCUT2D eigenvalue weighted by Crippen LogP contribution is 2.34. The van der Waals surface area contributed by atoms with E-state index in [1.165, 1.54) is 4.68 Å². The smallest absolute Gasteiger partial charge is 0.305 e. The predicted molar refractivity (Wildman–Crippen MR) is 82.4 cm³/mol. The van der Waals surface area contributed by atoms with E-state index >= 15 is 0 Å². The molecule has 1 amide bonds. The second kappa shape index (κ2) is 6.20. The number of carboxylic acids is 1. The van der Waals surface area contributed by atoms with Crippen LogP contribution in [0.2, 0.25) is 0 Å². The molecule has 0 atom stereocenters. The van der Waals surface area contributed by atoms with Crippen LogP contribution in [0.4, 0.5) is 0 Å². The van der Waals surface area contributed by atoms with Crippen LogP contribution in [0.15, 0.2) is 36.5 Å². The van der Waals surface area contributed by atoms with Crippen LogP contribution in [0.3, 0.4) is 0 Å². The zero-order valence-electron chi connectivity index (χ0n) is 12.6. The summed E-state index contributed by atoms with van der Waals surface area (Å²) in [6.45, 7) is 0.0290. The number of amides is 1. The van der Waals surface area contributed by atoms with Crippen molar-refractivity contribution in [3.63, 3.8) is 0 Å². The van der Waals surface area contributed by atoms with Gasteiger partial charge in [0.25, 0.3) is 0 Å². The monoisotopic (exact) mass is 314 g/mol. The summed E-state index contributed by atoms with van der Waals surface area (Å²) in [5, 5.41) is 19.8. The van der Waals surface area contributed by atoms with Gasteiger partial charge < -0.3 is 10.4 Å². The summed E-state index contributed by atoms with van der Waals surface area (Å²) in [5.41, 5.74) is 1.04. The van der Waals surface area contributed by atoms with Gasteiger partial charge in [0.2, 0.25) is 5.91 Å². The molecule has 1 aromatic carbocycles. The molecule has 0 unspecified atom stereocenters. The van der Waals surface area contributed by atoms with Gasteiger partial charge in [0.05, 0.1) is 18.2 Å². The van der Waals surface area contributed by atoms with Crippen LogP contribution in [0, 0.1) is 0 Å². The average Bonchev–Trinajstić information content (AvgIpc) is 2.93. The van der Waals surface area contributed by atoms with Crippen LogP contribution < -0.4 is 5.32 Å². The van der Waals surface area contributed by atoms with E-state index in [4.69, 9.17) is 5.11 Å². The summed E-state index contributed by atoms with van der Waals surface area (Å²) in [4.78, 5) is 23.1. The molecule has 0 spiro atoms. The van der Waals surface area contributed by atoms with Crippen molar-refractivity contribution in [1.29, 1.82) is 0 Å². The SMILES string of the molecule is O=C(O)CC1(NC(=O)Cn2cc(-c3ccccc3)nn2)CCC1. The van der Waals surface area contributed by atoms with Crippen molar-refractivity contribution in [2.45, 2.75) is 37.8 Å². The summed E-state index contributed by atoms with van der Waals surface area (Å²) in [5.74, 6) is -1.13. The largest absolute Gasteiger partial charge is 0.481 e. The van der Waals surface area contributed by atoms with Crippen LogP contribution in [-0.2, 0) is 16.1 Å². The molecule has 7 nitrogen and oxygen atoms in total. The molecule has 0 saturated heterocycles. The molecule has 3 rings (SSSR count). The maximum absolute atomic E-state index is 12.2. The van der Waals surface area contributed by atoms with Crippen molar-refractivity contribution in [1.82, 2.24) is 20.3 Å². The Bertz CT molecular complexity index is 707. The summed E-state index contributed by atoms with van der Waals surface area (Å²) in [6, 6.07) is 9.58. The Hall–Kier alpha value is -2.70. The van der Waals surface area contributed by atoms with Crippen LogP contribution in [0.1, 0.15) is 25.7 Å². The molecular weight excluding hydrogens is 296 g/mol. The minimum absolute atomic E-state index is 0.0290. The van der Waals surface area contributed by atoms with Crippen LogP contribution >= 0.6 is 0 Å². The quantitative estimate of drug-likeness (QED) is 0.841. The molecule has 7 heteroatoms. The van der Waals surface area contributed by atoms with E-state index in [9.17, 15) is 9.59 Å². The molecule has 0 radical (unpaired) electrons. The number of benzene rings is 1. The Morgan fingerprint density at radius 2 is 2.00 bits per heavy atom. The van der Waals surface area contributed by atoms with Gasteiger partial charge in [0, 0.05) is 5.56 Å². The fourth-order valence-electron chi connectivity index (χ4n) is 2.84. The van der Waals surface area contributed by atoms with Crippen LogP contribution in [0.25, 0.3) is 11.3 Å². The van der Waals surface area contributed by atoms with E-state index in [0.29, 0.717) is 18.5 Å². The summed E-state index contributed by atoms with van der Waals surface area (Å²) < 4.78 is 1.46. The third-order valence-corrected chi connectivity index (χ3v) is 4.12. The van der Waals surface area contributed by atoms with Gasteiger partial charge >= 0.3 is 5.97 Å². The van der Waals surface area contributed by atoms with Crippen molar-refractivity contribution in [3.05, 3.63) is 36.5 Å². The van der Waals surface area contributed by atoms with E-state index in [1.54, 1.807) is 6.20 Å². The molecule has 1 heterocycles. The Morgan fingerprint density at radius 3 is 2.61 bits per heavy atom. The van der Waals surface area contributed by atoms with Gasteiger partial charge in [0.1, 0.15) is 12.2 Å². The topological polar surface area (TPSA) is 97.1 Å². The summed E-state index contributed by atoms with van der Waals surface area (Å²) >= 11 is 0. The second-order valence-electron chi connectivity index (χ2n) is 5.92. The lowest BCUT2D eigenvalue weighted by molar-refractivity contribution is -0.140. The Labute approximate surface area is 133 Å². The number of hydrogen-bond donors (Lipinski definition) is 2. The molecule has 1 aromatic heterocycles. The zero-order valence-corrected chi connectivity index (χ0v) is 12.6. The predicted octanol–water partition coefficient (Wildman–Crippen LogP) is 1.46. The van der Waals surface area contributed by atoms with Gasteiger partial charge in [-0.3, -0.25) is 9.59 Å². The molecule has 23 heavy (non-hydrogen) atoms. The van der Waals surface area contributed by atoms with Crippen molar-refractivity contribution in [2.24, 2.45) is 0 Å². The maximum atomic E-state index is 12.2. The highest BCUT2D eigenvalue weighted by molar-refractivity contribution is 5.78. The lowest BCUT2D eigenvalue weighted by atomic mass is 9.74. The van der Waals surface area contributed by atoms with Crippen molar-refractivity contribution in [3.8, 4) is 11.3 Å². The van der Waals surface area contributed by atoms with E-state index in [0.717, 1.165) is 12.0 Å². The van der Waals surface area contributed by atoms with Gasteiger partial charge in [-0.25, -0.2) is 4.68 Å². The molecule has 2 aromatic rings. The Balaban J connectivity index is 1.62. The fourth-order valence-corrected chi connectivity index (χ4v) is 2.84.